The number of carbonyl (C=O) groups is 2. The van der Waals surface area contributed by atoms with Gasteiger partial charge < -0.3 is 29.2 Å². The largest absolute Gasteiger partial charge is 0.489 e. The molecule has 3 rings (SSSR count). The van der Waals surface area contributed by atoms with Crippen LogP contribution in [0.4, 0.5) is 4.79 Å². The van der Waals surface area contributed by atoms with Crippen LogP contribution in [0.2, 0.25) is 0 Å². The second-order valence-corrected chi connectivity index (χ2v) is 8.97. The van der Waals surface area contributed by atoms with Gasteiger partial charge in [-0.1, -0.05) is 0 Å². The fourth-order valence-electron chi connectivity index (χ4n) is 3.78. The Bertz CT molecular complexity index is 889. The Morgan fingerprint density at radius 2 is 2.03 bits per heavy atom. The highest BCUT2D eigenvalue weighted by molar-refractivity contribution is 5.98. The third-order valence-electron chi connectivity index (χ3n) is 5.40. The maximum Gasteiger partial charge on any atom is 0.410 e. The number of amides is 2. The van der Waals surface area contributed by atoms with Gasteiger partial charge >= 0.3 is 6.09 Å². The molecule has 32 heavy (non-hydrogen) atoms. The number of rotatable bonds is 4. The second kappa shape index (κ2) is 10.1. The van der Waals surface area contributed by atoms with Crippen LogP contribution < -0.4 is 14.8 Å². The lowest BCUT2D eigenvalue weighted by Crippen LogP contribution is -2.51. The number of benzene rings is 1. The molecule has 1 aromatic carbocycles. The number of nitriles is 1. The van der Waals surface area contributed by atoms with E-state index in [1.807, 2.05) is 20.8 Å². The van der Waals surface area contributed by atoms with Crippen molar-refractivity contribution in [3.8, 4) is 17.6 Å². The number of piperidine rings is 1. The van der Waals surface area contributed by atoms with Crippen molar-refractivity contribution >= 4 is 12.0 Å². The summed E-state index contributed by atoms with van der Waals surface area (Å²) in [5.74, 6) is 0.458. The van der Waals surface area contributed by atoms with Crippen molar-refractivity contribution < 1.29 is 28.5 Å². The number of methoxy groups -OCH3 is 1. The summed E-state index contributed by atoms with van der Waals surface area (Å²) in [6.07, 6.45) is 0.756. The van der Waals surface area contributed by atoms with Crippen molar-refractivity contribution in [2.75, 3.05) is 40.0 Å². The summed E-state index contributed by atoms with van der Waals surface area (Å²) in [6, 6.07) is 5.16. The first-order valence-electron chi connectivity index (χ1n) is 10.8. The van der Waals surface area contributed by atoms with Gasteiger partial charge in [0.15, 0.2) is 11.5 Å². The van der Waals surface area contributed by atoms with E-state index in [0.29, 0.717) is 62.8 Å². The standard InChI is InChI=1S/C23H31N3O6/c1-23(2,3)32-22(28)26-7-6-16(19(14-26)29-4)13-25-21(27)17-10-15(12-24)11-18-20(17)31-9-5-8-30-18/h10-11,16,19H,5-9,13-14H2,1-4H3,(H,25,27)/t16-,19?/m0/s1. The van der Waals surface area contributed by atoms with E-state index in [1.54, 1.807) is 18.1 Å². The first-order chi connectivity index (χ1) is 15.2. The third-order valence-corrected chi connectivity index (χ3v) is 5.40. The Morgan fingerprint density at radius 1 is 1.28 bits per heavy atom. The molecule has 0 radical (unpaired) electrons. The molecular weight excluding hydrogens is 414 g/mol. The van der Waals surface area contributed by atoms with Crippen LogP contribution in [-0.2, 0) is 9.47 Å². The van der Waals surface area contributed by atoms with Crippen LogP contribution >= 0.6 is 0 Å². The number of nitrogens with zero attached hydrogens (tertiary/aromatic N) is 2. The average molecular weight is 446 g/mol. The minimum atomic E-state index is -0.563. The lowest BCUT2D eigenvalue weighted by Gasteiger charge is -2.38. The lowest BCUT2D eigenvalue weighted by molar-refractivity contribution is -0.0280. The number of hydrogen-bond acceptors (Lipinski definition) is 7. The monoisotopic (exact) mass is 445 g/mol. The molecule has 2 aliphatic heterocycles. The smallest absolute Gasteiger partial charge is 0.410 e. The van der Waals surface area contributed by atoms with Crippen LogP contribution in [0.5, 0.6) is 11.5 Å². The van der Waals surface area contributed by atoms with E-state index in [2.05, 4.69) is 11.4 Å². The van der Waals surface area contributed by atoms with Crippen LogP contribution in [0.25, 0.3) is 0 Å². The number of hydrogen-bond donors (Lipinski definition) is 1. The number of nitrogens with one attached hydrogen (secondary N) is 1. The minimum absolute atomic E-state index is 0.0255. The van der Waals surface area contributed by atoms with E-state index in [4.69, 9.17) is 18.9 Å². The Morgan fingerprint density at radius 3 is 2.72 bits per heavy atom. The molecule has 1 saturated heterocycles. The molecule has 2 heterocycles. The topological polar surface area (TPSA) is 110 Å². The molecule has 9 nitrogen and oxygen atoms in total. The molecular formula is C23H31N3O6. The molecule has 174 valence electrons. The van der Waals surface area contributed by atoms with Crippen LogP contribution in [-0.4, -0.2) is 68.6 Å². The molecule has 0 spiro atoms. The average Bonchev–Trinajstić information content (AvgIpc) is 3.00. The second-order valence-electron chi connectivity index (χ2n) is 8.97. The Hall–Kier alpha value is -2.99. The fourth-order valence-corrected chi connectivity index (χ4v) is 3.78. The third kappa shape index (κ3) is 5.82. The van der Waals surface area contributed by atoms with Crippen molar-refractivity contribution in [3.05, 3.63) is 23.3 Å². The highest BCUT2D eigenvalue weighted by atomic mass is 16.6. The molecule has 1 fully saturated rings. The zero-order valence-electron chi connectivity index (χ0n) is 19.1. The van der Waals surface area contributed by atoms with Gasteiger partial charge in [-0.05, 0) is 33.3 Å². The highest BCUT2D eigenvalue weighted by Crippen LogP contribution is 2.35. The van der Waals surface area contributed by atoms with Crippen LogP contribution in [0.15, 0.2) is 12.1 Å². The summed E-state index contributed by atoms with van der Waals surface area (Å²) in [4.78, 5) is 27.0. The molecule has 2 amide bonds. The summed E-state index contributed by atoms with van der Waals surface area (Å²) < 4.78 is 22.5. The van der Waals surface area contributed by atoms with Crippen molar-refractivity contribution in [3.63, 3.8) is 0 Å². The molecule has 0 bridgehead atoms. The first kappa shape index (κ1) is 23.7. The summed E-state index contributed by atoms with van der Waals surface area (Å²) >= 11 is 0. The maximum absolute atomic E-state index is 13.0. The zero-order valence-corrected chi connectivity index (χ0v) is 19.1. The summed E-state index contributed by atoms with van der Waals surface area (Å²) in [5, 5.41) is 12.3. The van der Waals surface area contributed by atoms with E-state index in [1.165, 1.54) is 6.07 Å². The molecule has 0 aromatic heterocycles. The molecule has 0 saturated carbocycles. The quantitative estimate of drug-likeness (QED) is 0.759. The van der Waals surface area contributed by atoms with Crippen molar-refractivity contribution in [2.24, 2.45) is 5.92 Å². The van der Waals surface area contributed by atoms with Gasteiger partial charge in [0.1, 0.15) is 5.60 Å². The minimum Gasteiger partial charge on any atom is -0.489 e. The fraction of sp³-hybridized carbons (Fsp3) is 0.609. The summed E-state index contributed by atoms with van der Waals surface area (Å²) in [6.45, 7) is 7.68. The summed E-state index contributed by atoms with van der Waals surface area (Å²) in [5.41, 5.74) is 0.0487. The summed E-state index contributed by atoms with van der Waals surface area (Å²) in [7, 11) is 1.60. The maximum atomic E-state index is 13.0. The van der Waals surface area contributed by atoms with E-state index in [9.17, 15) is 14.9 Å². The lowest BCUT2D eigenvalue weighted by atomic mass is 9.93. The van der Waals surface area contributed by atoms with E-state index >= 15 is 0 Å². The van der Waals surface area contributed by atoms with E-state index in [0.717, 1.165) is 0 Å². The molecule has 2 aliphatic rings. The van der Waals surface area contributed by atoms with Crippen LogP contribution in [0.3, 0.4) is 0 Å². The Labute approximate surface area is 188 Å². The Balaban J connectivity index is 1.65. The van der Waals surface area contributed by atoms with Crippen molar-refractivity contribution in [1.29, 1.82) is 5.26 Å². The van der Waals surface area contributed by atoms with Crippen molar-refractivity contribution in [1.82, 2.24) is 10.2 Å². The molecule has 1 unspecified atom stereocenters. The van der Waals surface area contributed by atoms with E-state index < -0.39 is 5.60 Å². The van der Waals surface area contributed by atoms with Gasteiger partial charge in [-0.2, -0.15) is 5.26 Å². The molecule has 9 heteroatoms. The number of carbonyl (C=O) groups excluding carboxylic acids is 2. The van der Waals surface area contributed by atoms with Crippen molar-refractivity contribution in [2.45, 2.75) is 45.3 Å². The van der Waals surface area contributed by atoms with E-state index in [-0.39, 0.29) is 29.6 Å². The highest BCUT2D eigenvalue weighted by Gasteiger charge is 2.34. The molecule has 1 N–H and O–H groups in total. The number of ether oxygens (including phenoxy) is 4. The van der Waals surface area contributed by atoms with Gasteiger partial charge in [0.25, 0.3) is 5.91 Å². The normalized spacial score (nSPS) is 20.7. The van der Waals surface area contributed by atoms with Crippen LogP contribution in [0, 0.1) is 17.2 Å². The van der Waals surface area contributed by atoms with Crippen LogP contribution in [0.1, 0.15) is 49.5 Å². The number of likely N-dealkylation sites (tertiary alicyclic amines) is 1. The molecule has 2 atom stereocenters. The van der Waals surface area contributed by atoms with Gasteiger partial charge in [0.2, 0.25) is 0 Å². The zero-order chi connectivity index (χ0) is 23.3. The molecule has 1 aromatic rings. The predicted octanol–water partition coefficient (Wildman–Crippen LogP) is 2.72. The molecule has 0 aliphatic carbocycles. The van der Waals surface area contributed by atoms with Gasteiger partial charge in [0, 0.05) is 38.6 Å². The van der Waals surface area contributed by atoms with Gasteiger partial charge in [-0.15, -0.1) is 0 Å². The number of fused-ring (bicyclic) bond motifs is 1. The first-order valence-corrected chi connectivity index (χ1v) is 10.8. The Kier molecular flexibility index (Phi) is 7.46. The van der Waals surface area contributed by atoms with Gasteiger partial charge in [0.05, 0.1) is 43.1 Å². The SMILES string of the molecule is COC1CN(C(=O)OC(C)(C)C)CC[C@H]1CNC(=O)c1cc(C#N)cc2c1OCCCO2. The van der Waals surface area contributed by atoms with Gasteiger partial charge in [-0.3, -0.25) is 4.79 Å². The van der Waals surface area contributed by atoms with Gasteiger partial charge in [-0.25, -0.2) is 4.79 Å². The predicted molar refractivity (Wildman–Crippen MR) is 116 cm³/mol.